The summed E-state index contributed by atoms with van der Waals surface area (Å²) >= 11 is 0. The molecular weight excluding hydrogens is 292 g/mol. The number of rotatable bonds is 5. The van der Waals surface area contributed by atoms with Gasteiger partial charge >= 0.3 is 0 Å². The lowest BCUT2D eigenvalue weighted by molar-refractivity contribution is 0.327. The highest BCUT2D eigenvalue weighted by Crippen LogP contribution is 2.47. The molecule has 1 atom stereocenters. The number of H-pyrrole nitrogens is 1. The number of methoxy groups -OCH3 is 3. The fourth-order valence-electron chi connectivity index (χ4n) is 3.66. The van der Waals surface area contributed by atoms with Gasteiger partial charge in [0.05, 0.1) is 26.8 Å². The zero-order valence-corrected chi connectivity index (χ0v) is 14.6. The van der Waals surface area contributed by atoms with Crippen LogP contribution >= 0.6 is 0 Å². The maximum absolute atomic E-state index is 5.69. The van der Waals surface area contributed by atoms with E-state index in [1.54, 1.807) is 21.3 Å². The second kappa shape index (κ2) is 6.32. The largest absolute Gasteiger partial charge is 0.493 e. The molecule has 0 radical (unpaired) electrons. The molecule has 1 heterocycles. The molecule has 23 heavy (non-hydrogen) atoms. The van der Waals surface area contributed by atoms with Crippen LogP contribution in [0.4, 0.5) is 0 Å². The summed E-state index contributed by atoms with van der Waals surface area (Å²) in [5.74, 6) is 2.09. The summed E-state index contributed by atoms with van der Waals surface area (Å²) in [6.45, 7) is 4.37. The van der Waals surface area contributed by atoms with Crippen molar-refractivity contribution in [1.82, 2.24) is 10.3 Å². The molecule has 5 nitrogen and oxygen atoms in total. The molecule has 2 N–H and O–H groups in total. The first-order valence-electron chi connectivity index (χ1n) is 8.20. The van der Waals surface area contributed by atoms with E-state index in [0.717, 1.165) is 29.5 Å². The lowest BCUT2D eigenvalue weighted by atomic mass is 9.91. The third-order valence-electron chi connectivity index (χ3n) is 4.53. The van der Waals surface area contributed by atoms with Crippen LogP contribution in [0.5, 0.6) is 17.2 Å². The van der Waals surface area contributed by atoms with Gasteiger partial charge in [-0.15, -0.1) is 0 Å². The summed E-state index contributed by atoms with van der Waals surface area (Å²) in [5.41, 5.74) is 3.65. The molecule has 5 heteroatoms. The molecule has 1 aromatic carbocycles. The van der Waals surface area contributed by atoms with Crippen molar-refractivity contribution in [3.63, 3.8) is 0 Å². The zero-order valence-electron chi connectivity index (χ0n) is 14.6. The molecule has 0 aliphatic heterocycles. The highest BCUT2D eigenvalue weighted by atomic mass is 16.5. The lowest BCUT2D eigenvalue weighted by Crippen LogP contribution is -2.30. The molecule has 126 valence electrons. The van der Waals surface area contributed by atoms with Crippen LogP contribution in [0, 0.1) is 0 Å². The van der Waals surface area contributed by atoms with Crippen LogP contribution < -0.4 is 19.5 Å². The molecule has 0 fully saturated rings. The van der Waals surface area contributed by atoms with Crippen LogP contribution in [-0.4, -0.2) is 32.4 Å². The van der Waals surface area contributed by atoms with Crippen molar-refractivity contribution in [2.75, 3.05) is 21.3 Å². The van der Waals surface area contributed by atoms with Crippen molar-refractivity contribution in [2.24, 2.45) is 0 Å². The average Bonchev–Trinajstić information content (AvgIpc) is 2.91. The molecule has 1 aliphatic rings. The minimum absolute atomic E-state index is 0.354. The Morgan fingerprint density at radius 1 is 1.13 bits per heavy atom. The Kier molecular flexibility index (Phi) is 4.39. The van der Waals surface area contributed by atoms with Gasteiger partial charge in [-0.3, -0.25) is 0 Å². The van der Waals surface area contributed by atoms with E-state index >= 15 is 0 Å². The molecule has 1 aliphatic carbocycles. The molecule has 1 unspecified atom stereocenters. The zero-order chi connectivity index (χ0) is 16.6. The van der Waals surface area contributed by atoms with Crippen molar-refractivity contribution in [3.05, 3.63) is 17.3 Å². The number of fused-ring (bicyclic) bond motifs is 3. The summed E-state index contributed by atoms with van der Waals surface area (Å²) in [6, 6.07) is 2.80. The first-order valence-corrected chi connectivity index (χ1v) is 8.20. The van der Waals surface area contributed by atoms with E-state index in [4.69, 9.17) is 14.2 Å². The quantitative estimate of drug-likeness (QED) is 0.885. The predicted octanol–water partition coefficient (Wildman–Crippen LogP) is 3.57. The van der Waals surface area contributed by atoms with E-state index in [9.17, 15) is 0 Å². The number of nitrogens with one attached hydrogen (secondary N) is 2. The normalized spacial score (nSPS) is 17.4. The third kappa shape index (κ3) is 2.63. The molecule has 0 saturated carbocycles. The number of hydrogen-bond donors (Lipinski definition) is 2. The summed E-state index contributed by atoms with van der Waals surface area (Å²) in [5, 5.41) is 4.78. The molecule has 0 spiro atoms. The minimum Gasteiger partial charge on any atom is -0.493 e. The van der Waals surface area contributed by atoms with Gasteiger partial charge in [-0.25, -0.2) is 0 Å². The van der Waals surface area contributed by atoms with Crippen molar-refractivity contribution < 1.29 is 14.2 Å². The summed E-state index contributed by atoms with van der Waals surface area (Å²) < 4.78 is 16.7. The summed E-state index contributed by atoms with van der Waals surface area (Å²) in [7, 11) is 4.98. The summed E-state index contributed by atoms with van der Waals surface area (Å²) in [6.07, 6.45) is 3.37. The fourth-order valence-corrected chi connectivity index (χ4v) is 3.66. The molecule has 0 saturated heterocycles. The molecule has 2 aromatic rings. The minimum atomic E-state index is 0.354. The van der Waals surface area contributed by atoms with Crippen molar-refractivity contribution >= 4 is 10.9 Å². The maximum atomic E-state index is 5.69. The van der Waals surface area contributed by atoms with E-state index in [-0.39, 0.29) is 0 Å². The van der Waals surface area contributed by atoms with Crippen LogP contribution in [-0.2, 0) is 6.42 Å². The van der Waals surface area contributed by atoms with Crippen LogP contribution in [0.25, 0.3) is 10.9 Å². The smallest absolute Gasteiger partial charge is 0.204 e. The van der Waals surface area contributed by atoms with Crippen molar-refractivity contribution in [1.29, 1.82) is 0 Å². The van der Waals surface area contributed by atoms with Crippen LogP contribution in [0.2, 0.25) is 0 Å². The standard InChI is InChI=1S/C18H26N2O3/c1-10(2)19-12-8-6-7-11-15-13(20-16(11)12)9-14(21-3)17(22-4)18(15)23-5/h9-10,12,19-20H,6-8H2,1-5H3. The maximum Gasteiger partial charge on any atom is 0.204 e. The fraction of sp³-hybridized carbons (Fsp3) is 0.556. The monoisotopic (exact) mass is 318 g/mol. The Labute approximate surface area is 137 Å². The van der Waals surface area contributed by atoms with E-state index in [2.05, 4.69) is 24.1 Å². The van der Waals surface area contributed by atoms with Gasteiger partial charge in [0.25, 0.3) is 0 Å². The number of ether oxygens (including phenoxy) is 3. The van der Waals surface area contributed by atoms with Crippen molar-refractivity contribution in [2.45, 2.75) is 45.2 Å². The second-order valence-corrected chi connectivity index (χ2v) is 6.35. The predicted molar refractivity (Wildman–Crippen MR) is 91.9 cm³/mol. The van der Waals surface area contributed by atoms with Crippen LogP contribution in [0.3, 0.4) is 0 Å². The molecule has 3 rings (SSSR count). The van der Waals surface area contributed by atoms with Gasteiger partial charge in [-0.05, 0) is 24.8 Å². The number of aromatic nitrogens is 1. The van der Waals surface area contributed by atoms with Gasteiger partial charge in [-0.2, -0.15) is 0 Å². The number of hydrogen-bond acceptors (Lipinski definition) is 4. The van der Waals surface area contributed by atoms with E-state index in [1.807, 2.05) is 6.07 Å². The Hall–Kier alpha value is -1.88. The molecular formula is C18H26N2O3. The van der Waals surface area contributed by atoms with Gasteiger partial charge in [-0.1, -0.05) is 13.8 Å². The molecule has 1 aromatic heterocycles. The lowest BCUT2D eigenvalue weighted by Gasteiger charge is -2.26. The van der Waals surface area contributed by atoms with Gasteiger partial charge < -0.3 is 24.5 Å². The van der Waals surface area contributed by atoms with Crippen LogP contribution in [0.15, 0.2) is 6.07 Å². The Morgan fingerprint density at radius 3 is 2.48 bits per heavy atom. The van der Waals surface area contributed by atoms with Gasteiger partial charge in [0, 0.05) is 29.2 Å². The van der Waals surface area contributed by atoms with Gasteiger partial charge in [0.2, 0.25) is 5.75 Å². The Balaban J connectivity index is 2.23. The van der Waals surface area contributed by atoms with E-state index < -0.39 is 0 Å². The van der Waals surface area contributed by atoms with Gasteiger partial charge in [0.1, 0.15) is 0 Å². The Bertz CT molecular complexity index is 706. The van der Waals surface area contributed by atoms with E-state index in [1.165, 1.54) is 17.7 Å². The average molecular weight is 318 g/mol. The Morgan fingerprint density at radius 2 is 1.87 bits per heavy atom. The highest BCUT2D eigenvalue weighted by molar-refractivity contribution is 5.95. The number of benzene rings is 1. The third-order valence-corrected chi connectivity index (χ3v) is 4.53. The van der Waals surface area contributed by atoms with Gasteiger partial charge in [0.15, 0.2) is 11.5 Å². The van der Waals surface area contributed by atoms with Crippen LogP contribution in [0.1, 0.15) is 44.0 Å². The first-order chi connectivity index (χ1) is 11.1. The second-order valence-electron chi connectivity index (χ2n) is 6.35. The first kappa shape index (κ1) is 16.0. The number of aromatic amines is 1. The topological polar surface area (TPSA) is 55.5 Å². The number of aryl methyl sites for hydroxylation is 1. The summed E-state index contributed by atoms with van der Waals surface area (Å²) in [4.78, 5) is 3.59. The SMILES string of the molecule is COc1cc2[nH]c3c(c2c(OC)c1OC)CCCC3NC(C)C. The van der Waals surface area contributed by atoms with E-state index in [0.29, 0.717) is 23.6 Å². The molecule has 0 amide bonds. The molecule has 0 bridgehead atoms. The highest BCUT2D eigenvalue weighted by Gasteiger charge is 2.28. The van der Waals surface area contributed by atoms with Crippen molar-refractivity contribution in [3.8, 4) is 17.2 Å².